The lowest BCUT2D eigenvalue weighted by Gasteiger charge is -2.27. The first-order valence-electron chi connectivity index (χ1n) is 12.0. The SMILES string of the molecule is O=C(NC(=Cc1cn(-c2ccccc2)nc1-c1cccs1)C(=O)N1CCCCC1)c1ccc(Cl)cc1Cl. The molecule has 0 unspecified atom stereocenters. The van der Waals surface area contributed by atoms with Crippen LogP contribution in [0.25, 0.3) is 22.3 Å². The normalized spacial score (nSPS) is 14.0. The molecule has 0 bridgehead atoms. The van der Waals surface area contributed by atoms with E-state index >= 15 is 0 Å². The fraction of sp³-hybridized carbons (Fsp3) is 0.179. The molecule has 2 aromatic carbocycles. The lowest BCUT2D eigenvalue weighted by atomic mass is 10.1. The van der Waals surface area contributed by atoms with Gasteiger partial charge in [-0.15, -0.1) is 11.3 Å². The molecule has 2 amide bonds. The van der Waals surface area contributed by atoms with E-state index in [9.17, 15) is 9.59 Å². The Balaban J connectivity index is 1.57. The third-order valence-corrected chi connectivity index (χ3v) is 7.54. The minimum Gasteiger partial charge on any atom is -0.337 e. The van der Waals surface area contributed by atoms with Gasteiger partial charge in [-0.05, 0) is 67.1 Å². The molecule has 188 valence electrons. The number of carbonyl (C=O) groups excluding carboxylic acids is 2. The van der Waals surface area contributed by atoms with Crippen LogP contribution in [0.1, 0.15) is 35.2 Å². The summed E-state index contributed by atoms with van der Waals surface area (Å²) in [5.41, 5.74) is 2.74. The van der Waals surface area contributed by atoms with E-state index in [2.05, 4.69) is 5.32 Å². The van der Waals surface area contributed by atoms with Gasteiger partial charge in [-0.3, -0.25) is 9.59 Å². The van der Waals surface area contributed by atoms with Crippen molar-refractivity contribution >= 4 is 52.4 Å². The summed E-state index contributed by atoms with van der Waals surface area (Å²) in [5.74, 6) is -0.714. The number of amides is 2. The molecule has 0 spiro atoms. The van der Waals surface area contributed by atoms with Crippen LogP contribution in [0.2, 0.25) is 10.0 Å². The van der Waals surface area contributed by atoms with Gasteiger partial charge in [-0.2, -0.15) is 5.10 Å². The van der Waals surface area contributed by atoms with Crippen LogP contribution < -0.4 is 5.32 Å². The minimum absolute atomic E-state index is 0.170. The van der Waals surface area contributed by atoms with Crippen LogP contribution in [0.4, 0.5) is 0 Å². The van der Waals surface area contributed by atoms with E-state index in [0.29, 0.717) is 23.7 Å². The molecule has 3 heterocycles. The van der Waals surface area contributed by atoms with E-state index in [1.165, 1.54) is 6.07 Å². The molecule has 1 aliphatic heterocycles. The van der Waals surface area contributed by atoms with Gasteiger partial charge in [0.05, 0.1) is 21.2 Å². The highest BCUT2D eigenvalue weighted by atomic mass is 35.5. The van der Waals surface area contributed by atoms with Gasteiger partial charge in [0.25, 0.3) is 11.8 Å². The molecule has 0 saturated carbocycles. The summed E-state index contributed by atoms with van der Waals surface area (Å²) in [5, 5.41) is 10.3. The molecule has 0 atom stereocenters. The van der Waals surface area contributed by atoms with E-state index < -0.39 is 5.91 Å². The van der Waals surface area contributed by atoms with Crippen LogP contribution in [0.5, 0.6) is 0 Å². The Morgan fingerprint density at radius 2 is 1.76 bits per heavy atom. The van der Waals surface area contributed by atoms with Crippen LogP contribution in [0, 0.1) is 0 Å². The fourth-order valence-corrected chi connectivity index (χ4v) is 5.47. The first-order valence-corrected chi connectivity index (χ1v) is 13.6. The van der Waals surface area contributed by atoms with Gasteiger partial charge in [0.1, 0.15) is 11.4 Å². The van der Waals surface area contributed by atoms with E-state index in [4.69, 9.17) is 28.3 Å². The Hall–Kier alpha value is -3.39. The minimum atomic E-state index is -0.480. The fourth-order valence-electron chi connectivity index (χ4n) is 4.25. The van der Waals surface area contributed by atoms with E-state index in [0.717, 1.165) is 35.5 Å². The number of para-hydroxylation sites is 1. The van der Waals surface area contributed by atoms with Crippen LogP contribution in [0.15, 0.2) is 77.9 Å². The number of nitrogens with one attached hydrogen (secondary N) is 1. The number of likely N-dealkylation sites (tertiary alicyclic amines) is 1. The van der Waals surface area contributed by atoms with Crippen molar-refractivity contribution in [1.29, 1.82) is 0 Å². The monoisotopic (exact) mass is 550 g/mol. The maximum absolute atomic E-state index is 13.6. The van der Waals surface area contributed by atoms with Crippen molar-refractivity contribution in [3.05, 3.63) is 99.1 Å². The summed E-state index contributed by atoms with van der Waals surface area (Å²) >= 11 is 13.9. The number of carbonyl (C=O) groups is 2. The molecule has 6 nitrogen and oxygen atoms in total. The Morgan fingerprint density at radius 3 is 2.46 bits per heavy atom. The first kappa shape index (κ1) is 25.3. The highest BCUT2D eigenvalue weighted by molar-refractivity contribution is 7.13. The number of piperidine rings is 1. The van der Waals surface area contributed by atoms with Crippen LogP contribution in [0.3, 0.4) is 0 Å². The van der Waals surface area contributed by atoms with Gasteiger partial charge in [0, 0.05) is 29.9 Å². The topological polar surface area (TPSA) is 67.2 Å². The predicted octanol–water partition coefficient (Wildman–Crippen LogP) is 6.69. The van der Waals surface area contributed by atoms with Crippen LogP contribution in [-0.2, 0) is 4.79 Å². The van der Waals surface area contributed by atoms with Crippen molar-refractivity contribution < 1.29 is 9.59 Å². The summed E-state index contributed by atoms with van der Waals surface area (Å²) in [7, 11) is 0. The maximum atomic E-state index is 13.6. The zero-order valence-corrected chi connectivity index (χ0v) is 22.2. The van der Waals surface area contributed by atoms with Crippen molar-refractivity contribution in [1.82, 2.24) is 20.0 Å². The van der Waals surface area contributed by atoms with E-state index in [1.807, 2.05) is 54.0 Å². The predicted molar refractivity (Wildman–Crippen MR) is 149 cm³/mol. The Kier molecular flexibility index (Phi) is 7.74. The molecule has 2 aromatic heterocycles. The highest BCUT2D eigenvalue weighted by Crippen LogP contribution is 2.30. The van der Waals surface area contributed by atoms with Crippen LogP contribution >= 0.6 is 34.5 Å². The molecule has 1 N–H and O–H groups in total. The Morgan fingerprint density at radius 1 is 0.973 bits per heavy atom. The number of hydrogen-bond donors (Lipinski definition) is 1. The van der Waals surface area contributed by atoms with E-state index in [-0.39, 0.29) is 22.2 Å². The second kappa shape index (κ2) is 11.3. The number of halogens is 2. The third-order valence-electron chi connectivity index (χ3n) is 6.12. The maximum Gasteiger partial charge on any atom is 0.270 e. The van der Waals surface area contributed by atoms with Gasteiger partial charge < -0.3 is 10.2 Å². The first-order chi connectivity index (χ1) is 18.0. The smallest absolute Gasteiger partial charge is 0.270 e. The zero-order valence-electron chi connectivity index (χ0n) is 19.9. The van der Waals surface area contributed by atoms with Gasteiger partial charge in [-0.25, -0.2) is 4.68 Å². The third kappa shape index (κ3) is 5.80. The highest BCUT2D eigenvalue weighted by Gasteiger charge is 2.24. The number of rotatable bonds is 6. The number of hydrogen-bond acceptors (Lipinski definition) is 4. The summed E-state index contributed by atoms with van der Waals surface area (Å²) in [6.07, 6.45) is 6.53. The quantitative estimate of drug-likeness (QED) is 0.272. The summed E-state index contributed by atoms with van der Waals surface area (Å²) in [4.78, 5) is 29.6. The molecule has 0 aliphatic carbocycles. The summed E-state index contributed by atoms with van der Waals surface area (Å²) in [6, 6.07) is 18.3. The molecule has 9 heteroatoms. The average molecular weight is 551 g/mol. The van der Waals surface area contributed by atoms with Gasteiger partial charge in [-0.1, -0.05) is 47.5 Å². The lowest BCUT2D eigenvalue weighted by Crippen LogP contribution is -2.41. The van der Waals surface area contributed by atoms with Crippen molar-refractivity contribution in [2.75, 3.05) is 13.1 Å². The van der Waals surface area contributed by atoms with Crippen molar-refractivity contribution in [2.24, 2.45) is 0 Å². The number of thiophene rings is 1. The largest absolute Gasteiger partial charge is 0.337 e. The van der Waals surface area contributed by atoms with Crippen molar-refractivity contribution in [3.63, 3.8) is 0 Å². The average Bonchev–Trinajstić information content (AvgIpc) is 3.59. The number of aromatic nitrogens is 2. The van der Waals surface area contributed by atoms with Crippen molar-refractivity contribution in [3.8, 4) is 16.3 Å². The summed E-state index contributed by atoms with van der Waals surface area (Å²) < 4.78 is 1.78. The molecule has 1 saturated heterocycles. The molecule has 0 radical (unpaired) electrons. The lowest BCUT2D eigenvalue weighted by molar-refractivity contribution is -0.128. The Labute approximate surface area is 229 Å². The summed E-state index contributed by atoms with van der Waals surface area (Å²) in [6.45, 7) is 1.30. The van der Waals surface area contributed by atoms with E-state index in [1.54, 1.807) is 39.1 Å². The molecule has 1 fully saturated rings. The molecule has 1 aliphatic rings. The zero-order chi connectivity index (χ0) is 25.8. The van der Waals surface area contributed by atoms with Gasteiger partial charge >= 0.3 is 0 Å². The molecule has 37 heavy (non-hydrogen) atoms. The number of benzene rings is 2. The second-order valence-corrected chi connectivity index (χ2v) is 10.5. The molecule has 5 rings (SSSR count). The standard InChI is InChI=1S/C28H24Cl2N4O2S/c29-20-11-12-22(23(30)17-20)27(35)31-24(28(36)33-13-5-2-6-14-33)16-19-18-34(21-8-3-1-4-9-21)32-26(19)25-10-7-15-37-25/h1,3-4,7-12,15-18H,2,5-6,13-14H2,(H,31,35). The van der Waals surface area contributed by atoms with Gasteiger partial charge in [0.2, 0.25) is 0 Å². The second-order valence-electron chi connectivity index (χ2n) is 8.68. The molecular weight excluding hydrogens is 527 g/mol. The van der Waals surface area contributed by atoms with Crippen molar-refractivity contribution in [2.45, 2.75) is 19.3 Å². The molecule has 4 aromatic rings. The van der Waals surface area contributed by atoms with Gasteiger partial charge in [0.15, 0.2) is 0 Å². The van der Waals surface area contributed by atoms with Crippen LogP contribution in [-0.4, -0.2) is 39.6 Å². The number of nitrogens with zero attached hydrogens (tertiary/aromatic N) is 3. The molecular formula is C28H24Cl2N4O2S. The Bertz CT molecular complexity index is 1440.